The van der Waals surface area contributed by atoms with Crippen LogP contribution in [0.25, 0.3) is 0 Å². The van der Waals surface area contributed by atoms with E-state index in [0.717, 1.165) is 25.1 Å². The van der Waals surface area contributed by atoms with Crippen LogP contribution in [0.2, 0.25) is 0 Å². The molecule has 3 heteroatoms. The van der Waals surface area contributed by atoms with E-state index in [1.807, 2.05) is 30.1 Å². The van der Waals surface area contributed by atoms with Crippen molar-refractivity contribution in [2.24, 2.45) is 0 Å². The van der Waals surface area contributed by atoms with Crippen LogP contribution in [0.4, 0.5) is 0 Å². The number of rotatable bonds is 1. The maximum Gasteiger partial charge on any atom is 0.147 e. The standard InChI is InChI=1S/C8H14N2O/c1-9(2)10-6-4-3-5-8(10)7-11/h3-6H2,1-2H3. The van der Waals surface area contributed by atoms with Gasteiger partial charge in [0.2, 0.25) is 0 Å². The highest BCUT2D eigenvalue weighted by molar-refractivity contribution is 5.51. The first-order valence-corrected chi connectivity index (χ1v) is 3.94. The van der Waals surface area contributed by atoms with Crippen molar-refractivity contribution in [3.8, 4) is 0 Å². The molecule has 0 N–H and O–H groups in total. The molecule has 0 saturated carbocycles. The lowest BCUT2D eigenvalue weighted by Crippen LogP contribution is -2.39. The van der Waals surface area contributed by atoms with Gasteiger partial charge in [0.1, 0.15) is 11.6 Å². The predicted molar refractivity (Wildman–Crippen MR) is 43.5 cm³/mol. The minimum absolute atomic E-state index is 0.793. The van der Waals surface area contributed by atoms with E-state index >= 15 is 0 Å². The monoisotopic (exact) mass is 154 g/mol. The van der Waals surface area contributed by atoms with E-state index in [1.165, 1.54) is 6.42 Å². The number of hydrazine groups is 1. The first kappa shape index (κ1) is 8.31. The molecule has 62 valence electrons. The van der Waals surface area contributed by atoms with Gasteiger partial charge >= 0.3 is 0 Å². The smallest absolute Gasteiger partial charge is 0.147 e. The molecule has 0 spiro atoms. The number of hydrogen-bond donors (Lipinski definition) is 0. The molecule has 0 amide bonds. The van der Waals surface area contributed by atoms with Gasteiger partial charge in [-0.15, -0.1) is 0 Å². The Hall–Kier alpha value is -0.790. The van der Waals surface area contributed by atoms with Crippen LogP contribution in [0, 0.1) is 0 Å². The summed E-state index contributed by atoms with van der Waals surface area (Å²) in [4.78, 5) is 10.4. The van der Waals surface area contributed by atoms with Gasteiger partial charge in [0.05, 0.1) is 0 Å². The summed E-state index contributed by atoms with van der Waals surface area (Å²) in [6, 6.07) is 0. The van der Waals surface area contributed by atoms with Crippen LogP contribution in [-0.2, 0) is 4.79 Å². The van der Waals surface area contributed by atoms with Crippen molar-refractivity contribution in [2.75, 3.05) is 20.6 Å². The Labute approximate surface area is 67.2 Å². The van der Waals surface area contributed by atoms with Crippen LogP contribution >= 0.6 is 0 Å². The van der Waals surface area contributed by atoms with Gasteiger partial charge in [-0.25, -0.2) is 9.80 Å². The molecule has 1 heterocycles. The van der Waals surface area contributed by atoms with Gasteiger partial charge < -0.3 is 0 Å². The maximum atomic E-state index is 10.4. The van der Waals surface area contributed by atoms with Gasteiger partial charge in [-0.2, -0.15) is 0 Å². The van der Waals surface area contributed by atoms with Crippen LogP contribution in [-0.4, -0.2) is 36.6 Å². The molecule has 0 bridgehead atoms. The average Bonchev–Trinajstić information content (AvgIpc) is 2.04. The van der Waals surface area contributed by atoms with Crippen LogP contribution < -0.4 is 0 Å². The summed E-state index contributed by atoms with van der Waals surface area (Å²) in [5.41, 5.74) is 0.793. The van der Waals surface area contributed by atoms with Gasteiger partial charge in [0.25, 0.3) is 0 Å². The van der Waals surface area contributed by atoms with Crippen molar-refractivity contribution in [1.29, 1.82) is 0 Å². The Balaban J connectivity index is 2.67. The zero-order chi connectivity index (χ0) is 8.27. The zero-order valence-electron chi connectivity index (χ0n) is 7.13. The summed E-state index contributed by atoms with van der Waals surface area (Å²) in [6.45, 7) is 0.956. The van der Waals surface area contributed by atoms with E-state index in [0.29, 0.717) is 0 Å². The van der Waals surface area contributed by atoms with E-state index in [9.17, 15) is 4.79 Å². The molecule has 1 saturated heterocycles. The van der Waals surface area contributed by atoms with Crippen LogP contribution in [0.5, 0.6) is 0 Å². The highest BCUT2D eigenvalue weighted by atomic mass is 16.1. The van der Waals surface area contributed by atoms with Crippen molar-refractivity contribution in [3.63, 3.8) is 0 Å². The van der Waals surface area contributed by atoms with Crippen LogP contribution in [0.1, 0.15) is 19.3 Å². The number of piperidine rings is 1. The summed E-state index contributed by atoms with van der Waals surface area (Å²) >= 11 is 0. The third kappa shape index (κ3) is 1.82. The Morgan fingerprint density at radius 3 is 2.64 bits per heavy atom. The summed E-state index contributed by atoms with van der Waals surface area (Å²) in [6.07, 6.45) is 3.17. The van der Waals surface area contributed by atoms with Crippen LogP contribution in [0.15, 0.2) is 5.70 Å². The van der Waals surface area contributed by atoms with Gasteiger partial charge in [-0.05, 0) is 19.3 Å². The Bertz CT molecular complexity index is 183. The molecule has 11 heavy (non-hydrogen) atoms. The predicted octanol–water partition coefficient (Wildman–Crippen LogP) is 0.664. The number of carbonyl (C=O) groups excluding carboxylic acids is 1. The molecule has 0 aromatic carbocycles. The molecule has 3 nitrogen and oxygen atoms in total. The molecular weight excluding hydrogens is 140 g/mol. The van der Waals surface area contributed by atoms with Gasteiger partial charge in [-0.3, -0.25) is 5.01 Å². The van der Waals surface area contributed by atoms with Crippen molar-refractivity contribution in [2.45, 2.75) is 19.3 Å². The largest absolute Gasteiger partial charge is 0.300 e. The second-order valence-electron chi connectivity index (χ2n) is 2.98. The fourth-order valence-electron chi connectivity index (χ4n) is 1.36. The fourth-order valence-corrected chi connectivity index (χ4v) is 1.36. The molecule has 0 radical (unpaired) electrons. The van der Waals surface area contributed by atoms with Crippen molar-refractivity contribution in [3.05, 3.63) is 5.70 Å². The summed E-state index contributed by atoms with van der Waals surface area (Å²) in [5, 5.41) is 3.93. The average molecular weight is 154 g/mol. The quantitative estimate of drug-likeness (QED) is 0.518. The number of hydrogen-bond acceptors (Lipinski definition) is 3. The number of allylic oxidation sites excluding steroid dienone is 1. The molecular formula is C8H14N2O. The lowest BCUT2D eigenvalue weighted by atomic mass is 10.1. The molecule has 1 fully saturated rings. The Morgan fingerprint density at radius 2 is 2.18 bits per heavy atom. The molecule has 0 aromatic rings. The van der Waals surface area contributed by atoms with E-state index in [2.05, 4.69) is 0 Å². The van der Waals surface area contributed by atoms with Crippen molar-refractivity contribution in [1.82, 2.24) is 10.0 Å². The highest BCUT2D eigenvalue weighted by Gasteiger charge is 2.16. The first-order valence-electron chi connectivity index (χ1n) is 3.94. The Morgan fingerprint density at radius 1 is 1.45 bits per heavy atom. The van der Waals surface area contributed by atoms with Crippen molar-refractivity contribution >= 4 is 5.94 Å². The molecule has 1 aliphatic heterocycles. The number of nitrogens with zero attached hydrogens (tertiary/aromatic N) is 2. The minimum atomic E-state index is 0.793. The molecule has 0 atom stereocenters. The molecule has 0 unspecified atom stereocenters. The summed E-state index contributed by atoms with van der Waals surface area (Å²) in [5.74, 6) is 1.99. The zero-order valence-corrected chi connectivity index (χ0v) is 7.13. The summed E-state index contributed by atoms with van der Waals surface area (Å²) < 4.78 is 0. The maximum absolute atomic E-state index is 10.4. The van der Waals surface area contributed by atoms with E-state index < -0.39 is 0 Å². The van der Waals surface area contributed by atoms with Crippen LogP contribution in [0.3, 0.4) is 0 Å². The SMILES string of the molecule is CN(C)N1CCCCC1=C=O. The fraction of sp³-hybridized carbons (Fsp3) is 0.750. The van der Waals surface area contributed by atoms with E-state index in [-0.39, 0.29) is 0 Å². The molecule has 0 aromatic heterocycles. The highest BCUT2D eigenvalue weighted by Crippen LogP contribution is 2.17. The third-order valence-corrected chi connectivity index (χ3v) is 1.95. The minimum Gasteiger partial charge on any atom is -0.300 e. The Kier molecular flexibility index (Phi) is 2.69. The van der Waals surface area contributed by atoms with Gasteiger partial charge in [0.15, 0.2) is 0 Å². The third-order valence-electron chi connectivity index (χ3n) is 1.95. The molecule has 1 aliphatic rings. The summed E-state index contributed by atoms with van der Waals surface area (Å²) in [7, 11) is 3.89. The van der Waals surface area contributed by atoms with Gasteiger partial charge in [0, 0.05) is 20.6 Å². The van der Waals surface area contributed by atoms with Gasteiger partial charge in [-0.1, -0.05) is 0 Å². The van der Waals surface area contributed by atoms with E-state index in [4.69, 9.17) is 0 Å². The lowest BCUT2D eigenvalue weighted by molar-refractivity contribution is 0.0485. The first-order chi connectivity index (χ1) is 5.25. The topological polar surface area (TPSA) is 23.6 Å². The molecule has 1 rings (SSSR count). The normalized spacial score (nSPS) is 18.8. The second-order valence-corrected chi connectivity index (χ2v) is 2.98. The molecule has 0 aliphatic carbocycles. The second kappa shape index (κ2) is 3.56. The van der Waals surface area contributed by atoms with E-state index in [1.54, 1.807) is 0 Å². The lowest BCUT2D eigenvalue weighted by Gasteiger charge is -2.34. The van der Waals surface area contributed by atoms with Crippen molar-refractivity contribution < 1.29 is 4.79 Å².